The average molecular weight is 517 g/mol. The molecule has 194 valence electrons. The van der Waals surface area contributed by atoms with Crippen LogP contribution in [0, 0.1) is 18.8 Å². The molecule has 4 aliphatic rings. The van der Waals surface area contributed by atoms with Gasteiger partial charge in [0.15, 0.2) is 5.65 Å². The summed E-state index contributed by atoms with van der Waals surface area (Å²) >= 11 is 1.96. The van der Waals surface area contributed by atoms with Crippen molar-refractivity contribution in [2.24, 2.45) is 11.8 Å². The van der Waals surface area contributed by atoms with Gasteiger partial charge in [-0.15, -0.1) is 11.3 Å². The minimum Gasteiger partial charge on any atom is -0.354 e. The molecule has 8 rings (SSSR count). The Hall–Kier alpha value is -2.71. The molecule has 1 N–H and O–H groups in total. The second-order valence-corrected chi connectivity index (χ2v) is 12.8. The summed E-state index contributed by atoms with van der Waals surface area (Å²) in [6, 6.07) is 4.60. The van der Waals surface area contributed by atoms with Gasteiger partial charge >= 0.3 is 0 Å². The molecule has 7 nitrogen and oxygen atoms in total. The van der Waals surface area contributed by atoms with Gasteiger partial charge in [0.2, 0.25) is 5.91 Å². The van der Waals surface area contributed by atoms with E-state index in [1.165, 1.54) is 52.3 Å². The summed E-state index contributed by atoms with van der Waals surface area (Å²) in [6.45, 7) is 11.8. The van der Waals surface area contributed by atoms with Crippen LogP contribution in [0.2, 0.25) is 0 Å². The van der Waals surface area contributed by atoms with Gasteiger partial charge in [-0.05, 0) is 86.7 Å². The Morgan fingerprint density at radius 3 is 2.59 bits per heavy atom. The Kier molecular flexibility index (Phi) is 5.66. The quantitative estimate of drug-likeness (QED) is 0.393. The van der Waals surface area contributed by atoms with Crippen molar-refractivity contribution in [3.05, 3.63) is 40.7 Å². The zero-order valence-electron chi connectivity index (χ0n) is 22.0. The fourth-order valence-corrected chi connectivity index (χ4v) is 8.57. The van der Waals surface area contributed by atoms with E-state index < -0.39 is 0 Å². The van der Waals surface area contributed by atoms with Crippen molar-refractivity contribution < 1.29 is 4.79 Å². The van der Waals surface area contributed by atoms with Crippen molar-refractivity contribution in [3.63, 3.8) is 0 Å². The molecule has 1 amide bonds. The first-order valence-corrected chi connectivity index (χ1v) is 14.7. The smallest absolute Gasteiger partial charge is 0.227 e. The maximum absolute atomic E-state index is 13.4. The molecule has 0 radical (unpaired) electrons. The Morgan fingerprint density at radius 1 is 1.11 bits per heavy atom. The van der Waals surface area contributed by atoms with Gasteiger partial charge in [0, 0.05) is 36.3 Å². The SMILES string of the molecule is Cc1cc(-c2[nH]c3cc(C4CCN(C(=O)C5CN6CCC5CC6)CC4)sc3c2C(C)C)cn2ncnc12. The molecule has 0 saturated carbocycles. The summed E-state index contributed by atoms with van der Waals surface area (Å²) < 4.78 is 3.25. The molecule has 4 aromatic rings. The van der Waals surface area contributed by atoms with Crippen molar-refractivity contribution in [2.45, 2.75) is 58.3 Å². The average Bonchev–Trinajstić information content (AvgIpc) is 3.63. The topological polar surface area (TPSA) is 69.5 Å². The molecule has 0 spiro atoms. The van der Waals surface area contributed by atoms with Crippen molar-refractivity contribution in [1.29, 1.82) is 0 Å². The van der Waals surface area contributed by atoms with Crippen LogP contribution in [0.1, 0.15) is 67.4 Å². The first-order valence-electron chi connectivity index (χ1n) is 13.9. The molecule has 4 saturated heterocycles. The zero-order valence-corrected chi connectivity index (χ0v) is 22.9. The molecule has 2 bridgehead atoms. The maximum atomic E-state index is 13.4. The van der Waals surface area contributed by atoms with E-state index in [9.17, 15) is 4.79 Å². The molecule has 4 aromatic heterocycles. The number of rotatable bonds is 4. The van der Waals surface area contributed by atoms with Crippen molar-refractivity contribution in [3.8, 4) is 11.3 Å². The van der Waals surface area contributed by atoms with Gasteiger partial charge in [-0.1, -0.05) is 13.8 Å². The number of aromatic amines is 1. The first-order chi connectivity index (χ1) is 18.0. The van der Waals surface area contributed by atoms with Crippen molar-refractivity contribution in [1.82, 2.24) is 29.4 Å². The number of hydrogen-bond donors (Lipinski definition) is 1. The second kappa shape index (κ2) is 8.95. The predicted octanol–water partition coefficient (Wildman–Crippen LogP) is 5.42. The number of thiophene rings is 1. The van der Waals surface area contributed by atoms with Crippen molar-refractivity contribution >= 4 is 33.1 Å². The van der Waals surface area contributed by atoms with Crippen LogP contribution >= 0.6 is 11.3 Å². The monoisotopic (exact) mass is 516 g/mol. The van der Waals surface area contributed by atoms with Crippen LogP contribution < -0.4 is 0 Å². The molecule has 4 aliphatic heterocycles. The Balaban J connectivity index is 1.11. The van der Waals surface area contributed by atoms with E-state index in [0.29, 0.717) is 23.7 Å². The van der Waals surface area contributed by atoms with Crippen LogP contribution in [0.15, 0.2) is 24.7 Å². The highest BCUT2D eigenvalue weighted by molar-refractivity contribution is 7.19. The van der Waals surface area contributed by atoms with E-state index in [1.54, 1.807) is 6.33 Å². The van der Waals surface area contributed by atoms with Crippen LogP contribution in [0.25, 0.3) is 27.1 Å². The highest BCUT2D eigenvalue weighted by Crippen LogP contribution is 2.44. The van der Waals surface area contributed by atoms with Gasteiger partial charge in [-0.25, -0.2) is 9.50 Å². The van der Waals surface area contributed by atoms with Gasteiger partial charge in [0.25, 0.3) is 0 Å². The number of piperidine rings is 4. The van der Waals surface area contributed by atoms with E-state index in [2.05, 4.69) is 64.0 Å². The lowest BCUT2D eigenvalue weighted by atomic mass is 9.78. The lowest BCUT2D eigenvalue weighted by Gasteiger charge is -2.46. The lowest BCUT2D eigenvalue weighted by molar-refractivity contribution is -0.143. The third-order valence-electron chi connectivity index (χ3n) is 9.13. The summed E-state index contributed by atoms with van der Waals surface area (Å²) in [5.74, 6) is 2.23. The van der Waals surface area contributed by atoms with E-state index >= 15 is 0 Å². The number of carbonyl (C=O) groups is 1. The number of aromatic nitrogens is 4. The maximum Gasteiger partial charge on any atom is 0.227 e. The number of nitrogens with one attached hydrogen (secondary N) is 1. The largest absolute Gasteiger partial charge is 0.354 e. The molecule has 1 unspecified atom stereocenters. The van der Waals surface area contributed by atoms with E-state index in [-0.39, 0.29) is 5.92 Å². The fraction of sp³-hybridized carbons (Fsp3) is 0.552. The van der Waals surface area contributed by atoms with Gasteiger partial charge in [0.05, 0.1) is 21.8 Å². The molecule has 1 atom stereocenters. The summed E-state index contributed by atoms with van der Waals surface area (Å²) in [6.07, 6.45) is 8.26. The van der Waals surface area contributed by atoms with Crippen LogP contribution in [-0.2, 0) is 4.79 Å². The van der Waals surface area contributed by atoms with Gasteiger partial charge < -0.3 is 14.8 Å². The van der Waals surface area contributed by atoms with Crippen LogP contribution in [0.5, 0.6) is 0 Å². The molecule has 37 heavy (non-hydrogen) atoms. The summed E-state index contributed by atoms with van der Waals surface area (Å²) in [5, 5.41) is 4.38. The number of nitrogens with zero attached hydrogens (tertiary/aromatic N) is 5. The van der Waals surface area contributed by atoms with Crippen molar-refractivity contribution in [2.75, 3.05) is 32.7 Å². The number of H-pyrrole nitrogens is 1. The predicted molar refractivity (Wildman–Crippen MR) is 148 cm³/mol. The molecule has 0 aliphatic carbocycles. The Morgan fingerprint density at radius 2 is 1.89 bits per heavy atom. The van der Waals surface area contributed by atoms with Crippen LogP contribution in [0.4, 0.5) is 0 Å². The highest BCUT2D eigenvalue weighted by Gasteiger charge is 2.40. The lowest BCUT2D eigenvalue weighted by Crippen LogP contribution is -2.54. The van der Waals surface area contributed by atoms with E-state index in [1.807, 2.05) is 15.9 Å². The van der Waals surface area contributed by atoms with Gasteiger partial charge in [-0.3, -0.25) is 4.79 Å². The summed E-state index contributed by atoms with van der Waals surface area (Å²) in [5.41, 5.74) is 7.01. The fourth-order valence-electron chi connectivity index (χ4n) is 7.09. The standard InChI is InChI=1S/C29H36N6OS/c1-17(2)25-26(21-12-18(3)28-30-16-31-35(28)14-21)32-23-13-24(37-27(23)25)20-6-10-34(11-7-20)29(36)22-15-33-8-4-19(22)5-9-33/h12-14,16-17,19-20,22,32H,4-11,15H2,1-3H3. The van der Waals surface area contributed by atoms with E-state index in [4.69, 9.17) is 0 Å². The normalized spacial score (nSPS) is 24.6. The van der Waals surface area contributed by atoms with Crippen LogP contribution in [-0.4, -0.2) is 68.0 Å². The molecular formula is C29H36N6OS. The van der Waals surface area contributed by atoms with Gasteiger partial charge in [-0.2, -0.15) is 5.10 Å². The first kappa shape index (κ1) is 23.4. The number of fused-ring (bicyclic) bond motifs is 5. The number of hydrogen-bond acceptors (Lipinski definition) is 5. The molecule has 4 fully saturated rings. The van der Waals surface area contributed by atoms with Gasteiger partial charge in [0.1, 0.15) is 6.33 Å². The molecule has 8 heteroatoms. The second-order valence-electron chi connectivity index (χ2n) is 11.7. The summed E-state index contributed by atoms with van der Waals surface area (Å²) in [4.78, 5) is 27.6. The van der Waals surface area contributed by atoms with E-state index in [0.717, 1.165) is 49.2 Å². The zero-order chi connectivity index (χ0) is 25.3. The molecule has 0 aromatic carbocycles. The third kappa shape index (κ3) is 3.91. The summed E-state index contributed by atoms with van der Waals surface area (Å²) in [7, 11) is 0. The number of carbonyl (C=O) groups excluding carboxylic acids is 1. The van der Waals surface area contributed by atoms with Crippen LogP contribution in [0.3, 0.4) is 0 Å². The molecular weight excluding hydrogens is 480 g/mol. The Labute approximate surface area is 221 Å². The number of likely N-dealkylation sites (tertiary alicyclic amines) is 1. The molecule has 8 heterocycles. The number of pyridine rings is 1. The number of amides is 1. The number of aryl methyl sites for hydroxylation is 1. The highest BCUT2D eigenvalue weighted by atomic mass is 32.1. The minimum atomic E-state index is 0.242. The minimum absolute atomic E-state index is 0.242. The Bertz CT molecular complexity index is 1460. The third-order valence-corrected chi connectivity index (χ3v) is 10.5.